The molecule has 0 amide bonds. The van der Waals surface area contributed by atoms with Gasteiger partial charge in [-0.2, -0.15) is 0 Å². The van der Waals surface area contributed by atoms with Crippen molar-refractivity contribution in [3.05, 3.63) is 24.3 Å². The van der Waals surface area contributed by atoms with Gasteiger partial charge in [-0.25, -0.2) is 4.79 Å². The highest BCUT2D eigenvalue weighted by molar-refractivity contribution is 5.67. The van der Waals surface area contributed by atoms with Gasteiger partial charge in [0.25, 0.3) is 0 Å². The Morgan fingerprint density at radius 1 is 1.31 bits per heavy atom. The number of carbonyl (C=O) groups is 1. The third kappa shape index (κ3) is 4.21. The lowest BCUT2D eigenvalue weighted by Crippen LogP contribution is -2.12. The van der Waals surface area contributed by atoms with E-state index in [1.165, 1.54) is 0 Å². The SMILES string of the molecule is CCCCCOC(=O)Oc1ccccc1N. The molecule has 4 heteroatoms. The molecule has 1 rings (SSSR count). The summed E-state index contributed by atoms with van der Waals surface area (Å²) in [5.74, 6) is 0.336. The molecule has 1 aromatic carbocycles. The normalized spacial score (nSPS) is 9.81. The van der Waals surface area contributed by atoms with Crippen molar-refractivity contribution in [1.29, 1.82) is 0 Å². The van der Waals surface area contributed by atoms with Gasteiger partial charge in [-0.3, -0.25) is 0 Å². The summed E-state index contributed by atoms with van der Waals surface area (Å²) in [5.41, 5.74) is 6.04. The van der Waals surface area contributed by atoms with Crippen molar-refractivity contribution >= 4 is 11.8 Å². The van der Waals surface area contributed by atoms with Crippen molar-refractivity contribution in [2.24, 2.45) is 0 Å². The van der Waals surface area contributed by atoms with Gasteiger partial charge in [0.15, 0.2) is 5.75 Å². The Hall–Kier alpha value is -1.71. The van der Waals surface area contributed by atoms with Crippen LogP contribution in [0.25, 0.3) is 0 Å². The first-order valence-electron chi connectivity index (χ1n) is 5.43. The molecule has 0 aliphatic carbocycles. The molecule has 0 aliphatic heterocycles. The van der Waals surface area contributed by atoms with Crippen LogP contribution in [0.2, 0.25) is 0 Å². The Balaban J connectivity index is 2.32. The van der Waals surface area contributed by atoms with Gasteiger partial charge in [0.05, 0.1) is 12.3 Å². The van der Waals surface area contributed by atoms with Crippen LogP contribution < -0.4 is 10.5 Å². The van der Waals surface area contributed by atoms with E-state index in [2.05, 4.69) is 6.92 Å². The number of hydrogen-bond donors (Lipinski definition) is 1. The summed E-state index contributed by atoms with van der Waals surface area (Å²) in [4.78, 5) is 11.2. The quantitative estimate of drug-likeness (QED) is 0.361. The zero-order valence-electron chi connectivity index (χ0n) is 9.44. The average Bonchev–Trinajstić information content (AvgIpc) is 2.28. The number of ether oxygens (including phenoxy) is 2. The lowest BCUT2D eigenvalue weighted by Gasteiger charge is -2.07. The predicted molar refractivity (Wildman–Crippen MR) is 62.4 cm³/mol. The molecular formula is C12H17NO3. The van der Waals surface area contributed by atoms with Gasteiger partial charge in [0, 0.05) is 0 Å². The second-order valence-electron chi connectivity index (χ2n) is 3.45. The number of hydrogen-bond acceptors (Lipinski definition) is 4. The van der Waals surface area contributed by atoms with E-state index in [4.69, 9.17) is 15.2 Å². The van der Waals surface area contributed by atoms with Gasteiger partial charge in [-0.15, -0.1) is 0 Å². The van der Waals surface area contributed by atoms with Crippen LogP contribution in [0.3, 0.4) is 0 Å². The Kier molecular flexibility index (Phi) is 5.19. The van der Waals surface area contributed by atoms with Crippen LogP contribution in [0, 0.1) is 0 Å². The lowest BCUT2D eigenvalue weighted by atomic mass is 10.3. The molecule has 4 nitrogen and oxygen atoms in total. The van der Waals surface area contributed by atoms with Gasteiger partial charge in [0.2, 0.25) is 0 Å². The van der Waals surface area contributed by atoms with Crippen LogP contribution in [0.5, 0.6) is 5.75 Å². The Morgan fingerprint density at radius 2 is 2.06 bits per heavy atom. The molecule has 0 aromatic heterocycles. The Bertz CT molecular complexity index is 339. The minimum Gasteiger partial charge on any atom is -0.434 e. The van der Waals surface area contributed by atoms with Gasteiger partial charge in [-0.05, 0) is 18.6 Å². The summed E-state index contributed by atoms with van der Waals surface area (Å²) in [5, 5.41) is 0. The molecule has 0 saturated heterocycles. The van der Waals surface area contributed by atoms with Gasteiger partial charge < -0.3 is 15.2 Å². The lowest BCUT2D eigenvalue weighted by molar-refractivity contribution is 0.0976. The molecule has 88 valence electrons. The molecule has 0 bridgehead atoms. The third-order valence-electron chi connectivity index (χ3n) is 2.08. The minimum atomic E-state index is -0.700. The van der Waals surface area contributed by atoms with Gasteiger partial charge in [0.1, 0.15) is 0 Å². The molecule has 0 atom stereocenters. The second kappa shape index (κ2) is 6.71. The van der Waals surface area contributed by atoms with Crippen LogP contribution in [-0.2, 0) is 4.74 Å². The number of nitrogen functional groups attached to an aromatic ring is 1. The summed E-state index contributed by atoms with van der Waals surface area (Å²) >= 11 is 0. The van der Waals surface area contributed by atoms with Crippen molar-refractivity contribution in [2.75, 3.05) is 12.3 Å². The zero-order chi connectivity index (χ0) is 11.8. The van der Waals surface area contributed by atoms with E-state index in [0.717, 1.165) is 19.3 Å². The zero-order valence-corrected chi connectivity index (χ0v) is 9.44. The van der Waals surface area contributed by atoms with Gasteiger partial charge >= 0.3 is 6.16 Å². The highest BCUT2D eigenvalue weighted by atomic mass is 16.7. The first-order valence-corrected chi connectivity index (χ1v) is 5.43. The van der Waals surface area contributed by atoms with E-state index in [1.54, 1.807) is 24.3 Å². The number of anilines is 1. The predicted octanol–water partition coefficient (Wildman–Crippen LogP) is 2.97. The summed E-state index contributed by atoms with van der Waals surface area (Å²) in [7, 11) is 0. The molecule has 1 aromatic rings. The number of benzene rings is 1. The fourth-order valence-electron chi connectivity index (χ4n) is 1.20. The molecular weight excluding hydrogens is 206 g/mol. The first kappa shape index (κ1) is 12.4. The average molecular weight is 223 g/mol. The number of rotatable bonds is 5. The maximum absolute atomic E-state index is 11.2. The van der Waals surface area contributed by atoms with Crippen molar-refractivity contribution in [3.8, 4) is 5.75 Å². The van der Waals surface area contributed by atoms with E-state index in [0.29, 0.717) is 18.0 Å². The largest absolute Gasteiger partial charge is 0.513 e. The molecule has 0 unspecified atom stereocenters. The van der Waals surface area contributed by atoms with Crippen molar-refractivity contribution < 1.29 is 14.3 Å². The minimum absolute atomic E-state index is 0.336. The Labute approximate surface area is 95.3 Å². The fourth-order valence-corrected chi connectivity index (χ4v) is 1.20. The summed E-state index contributed by atoms with van der Waals surface area (Å²) in [6, 6.07) is 6.81. The molecule has 2 N–H and O–H groups in total. The summed E-state index contributed by atoms with van der Waals surface area (Å²) in [6.07, 6.45) is 2.29. The van der Waals surface area contributed by atoms with Crippen molar-refractivity contribution in [2.45, 2.75) is 26.2 Å². The smallest absolute Gasteiger partial charge is 0.434 e. The monoisotopic (exact) mass is 223 g/mol. The Morgan fingerprint density at radius 3 is 2.75 bits per heavy atom. The molecule has 16 heavy (non-hydrogen) atoms. The fraction of sp³-hybridized carbons (Fsp3) is 0.417. The topological polar surface area (TPSA) is 61.5 Å². The summed E-state index contributed by atoms with van der Waals surface area (Å²) in [6.45, 7) is 2.47. The second-order valence-corrected chi connectivity index (χ2v) is 3.45. The molecule has 0 spiro atoms. The number of nitrogens with two attached hydrogens (primary N) is 1. The number of unbranched alkanes of at least 4 members (excludes halogenated alkanes) is 2. The molecule has 0 fully saturated rings. The third-order valence-corrected chi connectivity index (χ3v) is 2.08. The molecule has 0 heterocycles. The maximum Gasteiger partial charge on any atom is 0.513 e. The standard InChI is InChI=1S/C12H17NO3/c1-2-3-6-9-15-12(14)16-11-8-5-4-7-10(11)13/h4-5,7-8H,2-3,6,9,13H2,1H3. The number of carbonyl (C=O) groups excluding carboxylic acids is 1. The number of para-hydroxylation sites is 2. The van der Waals surface area contributed by atoms with E-state index in [-0.39, 0.29) is 0 Å². The summed E-state index contributed by atoms with van der Waals surface area (Å²) < 4.78 is 9.83. The van der Waals surface area contributed by atoms with E-state index in [1.807, 2.05) is 0 Å². The van der Waals surface area contributed by atoms with Crippen LogP contribution in [0.15, 0.2) is 24.3 Å². The molecule has 0 aliphatic rings. The molecule has 0 radical (unpaired) electrons. The van der Waals surface area contributed by atoms with Crippen LogP contribution >= 0.6 is 0 Å². The van der Waals surface area contributed by atoms with E-state index >= 15 is 0 Å². The van der Waals surface area contributed by atoms with Gasteiger partial charge in [-0.1, -0.05) is 31.9 Å². The van der Waals surface area contributed by atoms with E-state index in [9.17, 15) is 4.79 Å². The van der Waals surface area contributed by atoms with Crippen LogP contribution in [-0.4, -0.2) is 12.8 Å². The van der Waals surface area contributed by atoms with Crippen molar-refractivity contribution in [1.82, 2.24) is 0 Å². The van der Waals surface area contributed by atoms with E-state index < -0.39 is 6.16 Å². The maximum atomic E-state index is 11.2. The van der Waals surface area contributed by atoms with Crippen molar-refractivity contribution in [3.63, 3.8) is 0 Å². The highest BCUT2D eigenvalue weighted by Crippen LogP contribution is 2.20. The highest BCUT2D eigenvalue weighted by Gasteiger charge is 2.07. The van der Waals surface area contributed by atoms with Crippen LogP contribution in [0.4, 0.5) is 10.5 Å². The first-order chi connectivity index (χ1) is 7.74. The van der Waals surface area contributed by atoms with Crippen LogP contribution in [0.1, 0.15) is 26.2 Å². The molecule has 0 saturated carbocycles.